The van der Waals surface area contributed by atoms with Crippen LogP contribution in [0.25, 0.3) is 0 Å². The molecule has 0 heterocycles. The maximum Gasteiger partial charge on any atom is 0.101 e. The normalized spacial score (nSPS) is 26.5. The van der Waals surface area contributed by atoms with E-state index < -0.39 is 12.2 Å². The van der Waals surface area contributed by atoms with Crippen molar-refractivity contribution < 1.29 is 15.3 Å². The van der Waals surface area contributed by atoms with Gasteiger partial charge in [0.2, 0.25) is 0 Å². The van der Waals surface area contributed by atoms with Crippen molar-refractivity contribution in [3.63, 3.8) is 0 Å². The molecule has 0 aromatic rings. The molecule has 3 atom stereocenters. The van der Waals surface area contributed by atoms with E-state index in [9.17, 15) is 15.3 Å². The fraction of sp³-hybridized carbons (Fsp3) is 0.450. The number of allylic oxidation sites excluding steroid dienone is 20. The van der Waals surface area contributed by atoms with Crippen molar-refractivity contribution in [2.45, 2.75) is 107 Å². The van der Waals surface area contributed by atoms with E-state index in [1.807, 2.05) is 6.92 Å². The first-order valence-electron chi connectivity index (χ1n) is 15.6. The molecule has 3 N–H and O–H groups in total. The fourth-order valence-corrected chi connectivity index (χ4v) is 6.03. The molecule has 0 aliphatic heterocycles. The fourth-order valence-electron chi connectivity index (χ4n) is 6.03. The first-order valence-corrected chi connectivity index (χ1v) is 15.6. The van der Waals surface area contributed by atoms with Gasteiger partial charge < -0.3 is 15.3 Å². The molecule has 3 heteroatoms. The SMILES string of the molecule is CC1=C(/C=C/C(C)=C/C=C/C(C)=C/C=C/C=C(C)/C=C/C=C(C)/C=C/C2=C(C)C(O)[C@@H](O)CC2(C)C)C(C)(C)C[C@H](O)C1. The van der Waals surface area contributed by atoms with Gasteiger partial charge in [-0.25, -0.2) is 0 Å². The molecule has 1 unspecified atom stereocenters. The smallest absolute Gasteiger partial charge is 0.101 e. The Hall–Kier alpha value is -2.98. The molecule has 3 nitrogen and oxygen atoms in total. The second kappa shape index (κ2) is 16.2. The van der Waals surface area contributed by atoms with Crippen LogP contribution in [0, 0.1) is 10.8 Å². The summed E-state index contributed by atoms with van der Waals surface area (Å²) in [7, 11) is 0. The highest BCUT2D eigenvalue weighted by Crippen LogP contribution is 2.42. The first kappa shape index (κ1) is 36.2. The monoisotopic (exact) mass is 584 g/mol. The van der Waals surface area contributed by atoms with Gasteiger partial charge in [-0.3, -0.25) is 0 Å². The number of rotatable bonds is 10. The molecule has 0 amide bonds. The zero-order valence-electron chi connectivity index (χ0n) is 28.3. The molecule has 0 fully saturated rings. The van der Waals surface area contributed by atoms with Crippen molar-refractivity contribution in [1.82, 2.24) is 0 Å². The minimum atomic E-state index is -0.792. The topological polar surface area (TPSA) is 60.7 Å². The lowest BCUT2D eigenvalue weighted by atomic mass is 9.70. The molecule has 0 bridgehead atoms. The third kappa shape index (κ3) is 11.6. The summed E-state index contributed by atoms with van der Waals surface area (Å²) in [5.74, 6) is 0. The average molecular weight is 585 g/mol. The molecule has 2 aliphatic rings. The van der Waals surface area contributed by atoms with Gasteiger partial charge in [0.05, 0.1) is 12.2 Å². The maximum atomic E-state index is 10.3. The van der Waals surface area contributed by atoms with Gasteiger partial charge in [-0.2, -0.15) is 0 Å². The highest BCUT2D eigenvalue weighted by atomic mass is 16.3. The largest absolute Gasteiger partial charge is 0.393 e. The summed E-state index contributed by atoms with van der Waals surface area (Å²) in [5.41, 5.74) is 9.02. The Labute approximate surface area is 262 Å². The highest BCUT2D eigenvalue weighted by Gasteiger charge is 2.36. The van der Waals surface area contributed by atoms with Crippen LogP contribution in [0.1, 0.15) is 88.5 Å². The molecule has 43 heavy (non-hydrogen) atoms. The lowest BCUT2D eigenvalue weighted by molar-refractivity contribution is 0.00686. The van der Waals surface area contributed by atoms with E-state index >= 15 is 0 Å². The molecule has 0 saturated carbocycles. The highest BCUT2D eigenvalue weighted by molar-refractivity contribution is 5.40. The predicted octanol–water partition coefficient (Wildman–Crippen LogP) is 9.52. The van der Waals surface area contributed by atoms with Crippen LogP contribution < -0.4 is 0 Å². The Morgan fingerprint density at radius 2 is 1.02 bits per heavy atom. The Balaban J connectivity index is 1.92. The van der Waals surface area contributed by atoms with Crippen LogP contribution in [0.5, 0.6) is 0 Å². The third-order valence-corrected chi connectivity index (χ3v) is 8.45. The van der Waals surface area contributed by atoms with Gasteiger partial charge in [-0.1, -0.05) is 141 Å². The summed E-state index contributed by atoms with van der Waals surface area (Å²) in [6.07, 6.45) is 29.8. The van der Waals surface area contributed by atoms with Crippen molar-refractivity contribution in [3.05, 3.63) is 130 Å². The van der Waals surface area contributed by atoms with E-state index in [1.165, 1.54) is 22.3 Å². The summed E-state index contributed by atoms with van der Waals surface area (Å²) in [4.78, 5) is 0. The quantitative estimate of drug-likeness (QED) is 0.224. The molecular formula is C40H56O3. The summed E-state index contributed by atoms with van der Waals surface area (Å²) in [6, 6.07) is 0. The second-order valence-corrected chi connectivity index (χ2v) is 13.7. The Kier molecular flexibility index (Phi) is 13.6. The summed E-state index contributed by atoms with van der Waals surface area (Å²) in [5, 5.41) is 30.5. The number of hydrogen-bond donors (Lipinski definition) is 3. The summed E-state index contributed by atoms with van der Waals surface area (Å²) >= 11 is 0. The van der Waals surface area contributed by atoms with Crippen LogP contribution in [0.3, 0.4) is 0 Å². The first-order chi connectivity index (χ1) is 20.0. The molecule has 0 radical (unpaired) electrons. The van der Waals surface area contributed by atoms with Crippen molar-refractivity contribution in [1.29, 1.82) is 0 Å². The second-order valence-electron chi connectivity index (χ2n) is 13.7. The minimum Gasteiger partial charge on any atom is -0.393 e. The van der Waals surface area contributed by atoms with Crippen molar-refractivity contribution in [2.24, 2.45) is 10.8 Å². The standard InChI is InChI=1S/C40H56O3/c1-28(17-13-19-30(3)21-23-35-32(5)25-34(41)26-39(35,7)8)15-11-12-16-29(2)18-14-20-31(4)22-24-36-33(6)38(43)37(42)27-40(36,9)10/h11-24,34,37-38,41-43H,25-27H2,1-10H3/b12-11+,17-13+,18-14+,23-21+,24-22+,28-15+,29-16+,30-19+,31-20+/t34-,37+,38?/m1/s1. The third-order valence-electron chi connectivity index (χ3n) is 8.45. The molecule has 0 aromatic carbocycles. The average Bonchev–Trinajstić information content (AvgIpc) is 2.88. The van der Waals surface area contributed by atoms with Gasteiger partial charge in [-0.05, 0) is 88.4 Å². The van der Waals surface area contributed by atoms with E-state index in [1.54, 1.807) is 0 Å². The van der Waals surface area contributed by atoms with Gasteiger partial charge in [0, 0.05) is 0 Å². The van der Waals surface area contributed by atoms with E-state index in [-0.39, 0.29) is 16.9 Å². The van der Waals surface area contributed by atoms with E-state index in [0.717, 1.165) is 35.1 Å². The van der Waals surface area contributed by atoms with Gasteiger partial charge in [0.1, 0.15) is 6.10 Å². The van der Waals surface area contributed by atoms with Gasteiger partial charge in [-0.15, -0.1) is 0 Å². The molecule has 0 saturated heterocycles. The summed E-state index contributed by atoms with van der Waals surface area (Å²) < 4.78 is 0. The van der Waals surface area contributed by atoms with Gasteiger partial charge in [0.25, 0.3) is 0 Å². The molecular weight excluding hydrogens is 528 g/mol. The van der Waals surface area contributed by atoms with Crippen LogP contribution in [-0.2, 0) is 0 Å². The number of aliphatic hydroxyl groups is 3. The molecule has 0 spiro atoms. The summed E-state index contributed by atoms with van der Waals surface area (Å²) in [6.45, 7) is 21.0. The van der Waals surface area contributed by atoms with Crippen LogP contribution >= 0.6 is 0 Å². The van der Waals surface area contributed by atoms with Crippen LogP contribution in [-0.4, -0.2) is 33.6 Å². The Morgan fingerprint density at radius 1 is 0.605 bits per heavy atom. The van der Waals surface area contributed by atoms with Crippen molar-refractivity contribution >= 4 is 0 Å². The Morgan fingerprint density at radius 3 is 1.51 bits per heavy atom. The minimum absolute atomic E-state index is 0.00247. The van der Waals surface area contributed by atoms with Crippen molar-refractivity contribution in [3.8, 4) is 0 Å². The van der Waals surface area contributed by atoms with E-state index in [4.69, 9.17) is 0 Å². The van der Waals surface area contributed by atoms with Crippen molar-refractivity contribution in [2.75, 3.05) is 0 Å². The molecule has 2 aliphatic carbocycles. The van der Waals surface area contributed by atoms with Gasteiger partial charge in [0.15, 0.2) is 0 Å². The van der Waals surface area contributed by atoms with E-state index in [2.05, 4.69) is 147 Å². The Bertz CT molecular complexity index is 1330. The zero-order valence-corrected chi connectivity index (χ0v) is 28.3. The zero-order chi connectivity index (χ0) is 32.4. The number of hydrogen-bond acceptors (Lipinski definition) is 3. The molecule has 0 aromatic heterocycles. The van der Waals surface area contributed by atoms with Gasteiger partial charge >= 0.3 is 0 Å². The maximum absolute atomic E-state index is 10.3. The van der Waals surface area contributed by atoms with Crippen LogP contribution in [0.4, 0.5) is 0 Å². The van der Waals surface area contributed by atoms with Crippen LogP contribution in [0.2, 0.25) is 0 Å². The predicted molar refractivity (Wildman–Crippen MR) is 186 cm³/mol. The lowest BCUT2D eigenvalue weighted by Crippen LogP contribution is -2.38. The van der Waals surface area contributed by atoms with Crippen LogP contribution in [0.15, 0.2) is 130 Å². The molecule has 234 valence electrons. The van der Waals surface area contributed by atoms with E-state index in [0.29, 0.717) is 6.42 Å². The lowest BCUT2D eigenvalue weighted by Gasteiger charge is -2.38. The number of aliphatic hydroxyl groups excluding tert-OH is 3. The molecule has 2 rings (SSSR count).